The summed E-state index contributed by atoms with van der Waals surface area (Å²) in [6, 6.07) is 14.0. The second-order valence-corrected chi connectivity index (χ2v) is 6.17. The first-order valence-corrected chi connectivity index (χ1v) is 7.82. The number of aromatic nitrogens is 1. The Kier molecular flexibility index (Phi) is 3.11. The van der Waals surface area contributed by atoms with E-state index < -0.39 is 0 Å². The maximum absolute atomic E-state index is 12.5. The van der Waals surface area contributed by atoms with Gasteiger partial charge in [0, 0.05) is 49.3 Å². The lowest BCUT2D eigenvalue weighted by Gasteiger charge is -2.12. The Bertz CT molecular complexity index is 910. The van der Waals surface area contributed by atoms with Crippen molar-refractivity contribution in [3.63, 3.8) is 0 Å². The standard InChI is InChI=1S/C19H19N3O/c1-21-10-8-14-11-16(5-6-17(14)21)20-19(23)15-4-3-13-7-9-22(2)18(13)12-15/h3-7,9,11-12H,8,10H2,1-2H3,(H,20,23). The summed E-state index contributed by atoms with van der Waals surface area (Å²) in [5.41, 5.74) is 5.15. The molecule has 1 N–H and O–H groups in total. The van der Waals surface area contributed by atoms with Crippen LogP contribution in [0.5, 0.6) is 0 Å². The third kappa shape index (κ3) is 2.36. The van der Waals surface area contributed by atoms with Crippen molar-refractivity contribution in [2.45, 2.75) is 6.42 Å². The monoisotopic (exact) mass is 305 g/mol. The number of amides is 1. The smallest absolute Gasteiger partial charge is 0.255 e. The molecular weight excluding hydrogens is 286 g/mol. The Hall–Kier alpha value is -2.75. The van der Waals surface area contributed by atoms with Crippen LogP contribution < -0.4 is 10.2 Å². The Morgan fingerprint density at radius 1 is 1.09 bits per heavy atom. The number of nitrogens with zero attached hydrogens (tertiary/aromatic N) is 2. The molecule has 0 spiro atoms. The van der Waals surface area contributed by atoms with Crippen LogP contribution in [0, 0.1) is 0 Å². The fourth-order valence-corrected chi connectivity index (χ4v) is 3.25. The predicted molar refractivity (Wildman–Crippen MR) is 94.3 cm³/mol. The summed E-state index contributed by atoms with van der Waals surface area (Å²) in [7, 11) is 4.08. The van der Waals surface area contributed by atoms with Crippen LogP contribution in [0.3, 0.4) is 0 Å². The Labute approximate surface area is 135 Å². The lowest BCUT2D eigenvalue weighted by atomic mass is 10.1. The van der Waals surface area contributed by atoms with Crippen molar-refractivity contribution in [1.29, 1.82) is 0 Å². The number of hydrogen-bond acceptors (Lipinski definition) is 2. The number of hydrogen-bond donors (Lipinski definition) is 1. The number of aryl methyl sites for hydroxylation is 1. The molecule has 116 valence electrons. The van der Waals surface area contributed by atoms with E-state index in [-0.39, 0.29) is 5.91 Å². The van der Waals surface area contributed by atoms with Crippen LogP contribution in [-0.4, -0.2) is 24.1 Å². The summed E-state index contributed by atoms with van der Waals surface area (Å²) >= 11 is 0. The van der Waals surface area contributed by atoms with Gasteiger partial charge in [-0.15, -0.1) is 0 Å². The fraction of sp³-hybridized carbons (Fsp3) is 0.211. The molecule has 2 aromatic carbocycles. The van der Waals surface area contributed by atoms with E-state index in [9.17, 15) is 4.79 Å². The van der Waals surface area contributed by atoms with Crippen molar-refractivity contribution in [2.75, 3.05) is 23.8 Å². The van der Waals surface area contributed by atoms with E-state index >= 15 is 0 Å². The zero-order valence-electron chi connectivity index (χ0n) is 13.3. The van der Waals surface area contributed by atoms with E-state index in [2.05, 4.69) is 29.4 Å². The van der Waals surface area contributed by atoms with Crippen LogP contribution >= 0.6 is 0 Å². The average molecular weight is 305 g/mol. The van der Waals surface area contributed by atoms with Gasteiger partial charge in [0.25, 0.3) is 5.91 Å². The van der Waals surface area contributed by atoms with E-state index in [0.717, 1.165) is 29.6 Å². The predicted octanol–water partition coefficient (Wildman–Crippen LogP) is 3.42. The number of fused-ring (bicyclic) bond motifs is 2. The Morgan fingerprint density at radius 3 is 2.83 bits per heavy atom. The zero-order chi connectivity index (χ0) is 16.0. The SMILES string of the molecule is CN1CCc2cc(NC(=O)c3ccc4ccn(C)c4c3)ccc21. The minimum Gasteiger partial charge on any atom is -0.374 e. The van der Waals surface area contributed by atoms with E-state index in [1.165, 1.54) is 11.3 Å². The van der Waals surface area contributed by atoms with Crippen molar-refractivity contribution in [3.05, 3.63) is 59.8 Å². The third-order valence-corrected chi connectivity index (χ3v) is 4.62. The maximum atomic E-state index is 12.5. The molecule has 4 heteroatoms. The van der Waals surface area contributed by atoms with Crippen molar-refractivity contribution in [3.8, 4) is 0 Å². The number of carbonyl (C=O) groups is 1. The molecule has 0 saturated carbocycles. The molecule has 4 nitrogen and oxygen atoms in total. The number of likely N-dealkylation sites (N-methyl/N-ethyl adjacent to an activating group) is 1. The maximum Gasteiger partial charge on any atom is 0.255 e. The molecular formula is C19H19N3O. The van der Waals surface area contributed by atoms with Crippen molar-refractivity contribution < 1.29 is 4.79 Å². The van der Waals surface area contributed by atoms with Gasteiger partial charge in [0.05, 0.1) is 0 Å². The summed E-state index contributed by atoms with van der Waals surface area (Å²) < 4.78 is 2.03. The molecule has 4 rings (SSSR count). The van der Waals surface area contributed by atoms with Gasteiger partial charge in [-0.05, 0) is 53.8 Å². The molecule has 23 heavy (non-hydrogen) atoms. The minimum absolute atomic E-state index is 0.0700. The van der Waals surface area contributed by atoms with Gasteiger partial charge in [0.1, 0.15) is 0 Å². The summed E-state index contributed by atoms with van der Waals surface area (Å²) in [4.78, 5) is 14.8. The molecule has 1 aliphatic heterocycles. The molecule has 0 fully saturated rings. The molecule has 1 amide bonds. The molecule has 0 unspecified atom stereocenters. The average Bonchev–Trinajstić information content (AvgIpc) is 3.11. The van der Waals surface area contributed by atoms with Gasteiger partial charge < -0.3 is 14.8 Å². The highest BCUT2D eigenvalue weighted by Gasteiger charge is 2.16. The number of benzene rings is 2. The highest BCUT2D eigenvalue weighted by atomic mass is 16.1. The van der Waals surface area contributed by atoms with E-state index in [1.807, 2.05) is 48.1 Å². The van der Waals surface area contributed by atoms with Crippen LogP contribution in [0.1, 0.15) is 15.9 Å². The molecule has 0 aliphatic carbocycles. The van der Waals surface area contributed by atoms with E-state index in [4.69, 9.17) is 0 Å². The second-order valence-electron chi connectivity index (χ2n) is 6.17. The normalized spacial score (nSPS) is 13.4. The fourth-order valence-electron chi connectivity index (χ4n) is 3.25. The largest absolute Gasteiger partial charge is 0.374 e. The molecule has 2 heterocycles. The van der Waals surface area contributed by atoms with Gasteiger partial charge in [-0.1, -0.05) is 6.07 Å². The topological polar surface area (TPSA) is 37.3 Å². The van der Waals surface area contributed by atoms with Crippen molar-refractivity contribution >= 4 is 28.2 Å². The van der Waals surface area contributed by atoms with E-state index in [0.29, 0.717) is 5.56 Å². The first-order chi connectivity index (χ1) is 11.1. The molecule has 0 saturated heterocycles. The Morgan fingerprint density at radius 2 is 1.96 bits per heavy atom. The van der Waals surface area contributed by atoms with Crippen LogP contribution in [0.2, 0.25) is 0 Å². The Balaban J connectivity index is 1.60. The van der Waals surface area contributed by atoms with Crippen LogP contribution in [0.25, 0.3) is 10.9 Å². The van der Waals surface area contributed by atoms with Gasteiger partial charge in [-0.25, -0.2) is 0 Å². The van der Waals surface area contributed by atoms with Gasteiger partial charge >= 0.3 is 0 Å². The third-order valence-electron chi connectivity index (χ3n) is 4.62. The zero-order valence-corrected chi connectivity index (χ0v) is 13.3. The number of anilines is 2. The van der Waals surface area contributed by atoms with Gasteiger partial charge in [0.2, 0.25) is 0 Å². The quantitative estimate of drug-likeness (QED) is 0.787. The van der Waals surface area contributed by atoms with Crippen LogP contribution in [0.4, 0.5) is 11.4 Å². The number of rotatable bonds is 2. The van der Waals surface area contributed by atoms with E-state index in [1.54, 1.807) is 0 Å². The van der Waals surface area contributed by atoms with Crippen molar-refractivity contribution in [1.82, 2.24) is 4.57 Å². The summed E-state index contributed by atoms with van der Waals surface area (Å²) in [5, 5.41) is 4.16. The molecule has 0 atom stereocenters. The number of nitrogens with one attached hydrogen (secondary N) is 1. The lowest BCUT2D eigenvalue weighted by molar-refractivity contribution is 0.102. The first-order valence-electron chi connectivity index (χ1n) is 7.82. The second kappa shape index (κ2) is 5.16. The highest BCUT2D eigenvalue weighted by molar-refractivity contribution is 6.06. The number of carbonyl (C=O) groups excluding carboxylic acids is 1. The lowest BCUT2D eigenvalue weighted by Crippen LogP contribution is -2.13. The van der Waals surface area contributed by atoms with Gasteiger partial charge in [-0.2, -0.15) is 0 Å². The van der Waals surface area contributed by atoms with Crippen LogP contribution in [0.15, 0.2) is 48.7 Å². The molecule has 0 radical (unpaired) electrons. The molecule has 3 aromatic rings. The summed E-state index contributed by atoms with van der Waals surface area (Å²) in [6.07, 6.45) is 3.04. The van der Waals surface area contributed by atoms with Gasteiger partial charge in [0.15, 0.2) is 0 Å². The van der Waals surface area contributed by atoms with Crippen LogP contribution in [-0.2, 0) is 13.5 Å². The summed E-state index contributed by atoms with van der Waals surface area (Å²) in [5.74, 6) is -0.0700. The molecule has 1 aromatic heterocycles. The minimum atomic E-state index is -0.0700. The summed E-state index contributed by atoms with van der Waals surface area (Å²) in [6.45, 7) is 1.04. The van der Waals surface area contributed by atoms with Crippen molar-refractivity contribution in [2.24, 2.45) is 7.05 Å². The molecule has 0 bridgehead atoms. The highest BCUT2D eigenvalue weighted by Crippen LogP contribution is 2.29. The first kappa shape index (κ1) is 13.9. The molecule has 1 aliphatic rings. The van der Waals surface area contributed by atoms with Gasteiger partial charge in [-0.3, -0.25) is 4.79 Å².